The molecule has 0 N–H and O–H groups in total. The SMILES string of the molecule is [2H]C([2H])([2H])C1(C([2H])([2H])[2H])N([O])C(C([2H])([2H])[2H])(C([2H])([2H])[2H])C([2H])([2H])C([2H])([N+](C)(C)C)C1([2H])[2H]. The predicted octanol–water partition coefficient (Wildman–Crippen LogP) is 2.06. The molecule has 0 aromatic heterocycles. The normalized spacial score (nSPS) is 56.9. The standard InChI is InChI=1S/C12H26N2O/c1-11(2)8-10(14(5,6)7)9-12(3,4)13(11)15/h10H,8-9H2,1-7H3/q+1/i1D3,2D3,3D3,4D3,8D2,9D2,10D. The molecule has 1 saturated heterocycles. The zero-order chi connectivity index (χ0) is 26.6. The number of hydrogen-bond acceptors (Lipinski definition) is 1. The number of hydrogen-bond donors (Lipinski definition) is 0. The van der Waals surface area contributed by atoms with Crippen LogP contribution in [0.1, 0.15) is 63.5 Å². The highest BCUT2D eigenvalue weighted by Crippen LogP contribution is 2.39. The fourth-order valence-corrected chi connectivity index (χ4v) is 1.06. The molecule has 1 rings (SSSR count). The van der Waals surface area contributed by atoms with Crippen LogP contribution in [-0.2, 0) is 5.21 Å². The zero-order valence-corrected chi connectivity index (χ0v) is 8.80. The highest BCUT2D eigenvalue weighted by Gasteiger charge is 2.49. The molecule has 89 valence electrons. The van der Waals surface area contributed by atoms with Gasteiger partial charge in [-0.25, -0.2) is 0 Å². The molecule has 3 nitrogen and oxygen atoms in total. The number of piperidine rings is 1. The average Bonchev–Trinajstić information content (AvgIpc) is 2.36. The molecular weight excluding hydrogens is 188 g/mol. The summed E-state index contributed by atoms with van der Waals surface area (Å²) in [6.45, 7) is -16.9. The van der Waals surface area contributed by atoms with Gasteiger partial charge in [-0.15, -0.1) is 10.3 Å². The highest BCUT2D eigenvalue weighted by molar-refractivity contribution is 4.96. The molecule has 0 unspecified atom stereocenters. The van der Waals surface area contributed by atoms with Crippen LogP contribution in [-0.4, -0.2) is 47.8 Å². The number of quaternary nitrogens is 1. The Morgan fingerprint density at radius 2 is 1.67 bits per heavy atom. The van der Waals surface area contributed by atoms with Crippen molar-refractivity contribution in [2.45, 2.75) is 57.2 Å². The third kappa shape index (κ3) is 2.52. The van der Waals surface area contributed by atoms with Crippen LogP contribution in [0.3, 0.4) is 0 Å². The smallest absolute Gasteiger partial charge is 0.0963 e. The summed E-state index contributed by atoms with van der Waals surface area (Å²) in [4.78, 5) is 0. The van der Waals surface area contributed by atoms with Crippen LogP contribution in [0, 0.1) is 0 Å². The van der Waals surface area contributed by atoms with E-state index in [9.17, 15) is 5.21 Å². The van der Waals surface area contributed by atoms with Crippen molar-refractivity contribution in [3.05, 3.63) is 0 Å². The summed E-state index contributed by atoms with van der Waals surface area (Å²) in [5, 5.41) is 12.3. The minimum Gasteiger partial charge on any atom is -0.328 e. The van der Waals surface area contributed by atoms with E-state index in [2.05, 4.69) is 0 Å². The van der Waals surface area contributed by atoms with Gasteiger partial charge in [-0.1, -0.05) is 0 Å². The molecule has 1 aliphatic heterocycles. The summed E-state index contributed by atoms with van der Waals surface area (Å²) in [7, 11) is 2.82. The highest BCUT2D eigenvalue weighted by atomic mass is 16.5. The topological polar surface area (TPSA) is 23.1 Å². The Hall–Kier alpha value is -0.120. The second-order valence-electron chi connectivity index (χ2n) is 4.33. The Kier molecular flexibility index (Phi) is 0.646. The molecule has 1 aliphatic rings. The maximum atomic E-state index is 13.7. The van der Waals surface area contributed by atoms with Crippen molar-refractivity contribution in [3.63, 3.8) is 0 Å². The Morgan fingerprint density at radius 3 is 1.93 bits per heavy atom. The first-order valence-corrected chi connectivity index (χ1v) is 4.20. The first kappa shape index (κ1) is 2.82. The molecule has 0 aliphatic carbocycles. The van der Waals surface area contributed by atoms with Gasteiger partial charge in [0.1, 0.15) is 0 Å². The van der Waals surface area contributed by atoms with Crippen LogP contribution in [0.15, 0.2) is 0 Å². The molecule has 15 heavy (non-hydrogen) atoms. The summed E-state index contributed by atoms with van der Waals surface area (Å²) < 4.78 is 136. The van der Waals surface area contributed by atoms with Crippen molar-refractivity contribution < 1.29 is 33.0 Å². The van der Waals surface area contributed by atoms with Crippen molar-refractivity contribution in [3.8, 4) is 0 Å². The molecule has 0 atom stereocenters. The van der Waals surface area contributed by atoms with Crippen molar-refractivity contribution in [2.75, 3.05) is 21.1 Å². The van der Waals surface area contributed by atoms with E-state index in [1.807, 2.05) is 0 Å². The van der Waals surface area contributed by atoms with Gasteiger partial charge in [0.25, 0.3) is 0 Å². The fourth-order valence-electron chi connectivity index (χ4n) is 1.06. The van der Waals surface area contributed by atoms with Crippen molar-refractivity contribution >= 4 is 0 Å². The predicted molar refractivity (Wildman–Crippen MR) is 61.7 cm³/mol. The van der Waals surface area contributed by atoms with Crippen LogP contribution in [0.5, 0.6) is 0 Å². The van der Waals surface area contributed by atoms with Crippen LogP contribution in [0.4, 0.5) is 0 Å². The van der Waals surface area contributed by atoms with Crippen LogP contribution in [0.2, 0.25) is 0 Å². The Balaban J connectivity index is 4.75. The van der Waals surface area contributed by atoms with Crippen molar-refractivity contribution in [1.29, 1.82) is 0 Å². The van der Waals surface area contributed by atoms with Gasteiger partial charge in [0.15, 0.2) is 0 Å². The van der Waals surface area contributed by atoms with Gasteiger partial charge in [-0.2, -0.15) is 0 Å². The van der Waals surface area contributed by atoms with Gasteiger partial charge in [0.2, 0.25) is 0 Å². The lowest BCUT2D eigenvalue weighted by Gasteiger charge is -2.52. The molecule has 0 spiro atoms. The van der Waals surface area contributed by atoms with Gasteiger partial charge in [-0.05, 0) is 27.4 Å². The minimum atomic E-state index is -4.45. The van der Waals surface area contributed by atoms with Crippen LogP contribution < -0.4 is 0 Å². The molecule has 0 saturated carbocycles. The monoisotopic (exact) mass is 231 g/mol. The number of hydroxylamine groups is 2. The third-order valence-corrected chi connectivity index (χ3v) is 1.88. The zero-order valence-electron chi connectivity index (χ0n) is 25.8. The summed E-state index contributed by atoms with van der Waals surface area (Å²) >= 11 is 0. The maximum Gasteiger partial charge on any atom is 0.0963 e. The Bertz CT molecular complexity index is 657. The first-order valence-electron chi connectivity index (χ1n) is 12.7. The molecule has 3 heteroatoms. The van der Waals surface area contributed by atoms with Gasteiger partial charge in [0.05, 0.1) is 28.5 Å². The fraction of sp³-hybridized carbons (Fsp3) is 1.00. The molecule has 1 heterocycles. The van der Waals surface area contributed by atoms with Gasteiger partial charge in [0, 0.05) is 45.8 Å². The van der Waals surface area contributed by atoms with E-state index in [0.717, 1.165) is 21.1 Å². The summed E-state index contributed by atoms with van der Waals surface area (Å²) in [6.07, 6.45) is -8.31. The number of rotatable bonds is 1. The van der Waals surface area contributed by atoms with E-state index in [0.29, 0.717) is 0 Å². The summed E-state index contributed by atoms with van der Waals surface area (Å²) in [5.41, 5.74) is -8.90. The lowest BCUT2D eigenvalue weighted by atomic mass is 9.78. The van der Waals surface area contributed by atoms with Crippen LogP contribution >= 0.6 is 0 Å². The molecule has 0 bridgehead atoms. The number of nitrogens with zero attached hydrogens (tertiary/aromatic N) is 2. The van der Waals surface area contributed by atoms with Crippen molar-refractivity contribution in [1.82, 2.24) is 5.06 Å². The largest absolute Gasteiger partial charge is 0.328 e. The molecule has 1 radical (unpaired) electrons. The summed E-state index contributed by atoms with van der Waals surface area (Å²) in [5.74, 6) is 0. The van der Waals surface area contributed by atoms with Crippen LogP contribution in [0.25, 0.3) is 0 Å². The van der Waals surface area contributed by atoms with Gasteiger partial charge >= 0.3 is 0 Å². The minimum absolute atomic E-state index is 0.941. The third-order valence-electron chi connectivity index (χ3n) is 1.88. The molecule has 0 aromatic rings. The second kappa shape index (κ2) is 3.44. The van der Waals surface area contributed by atoms with Crippen molar-refractivity contribution in [2.24, 2.45) is 0 Å². The quantitative estimate of drug-likeness (QED) is 0.634. The first-order chi connectivity index (χ1) is 13.4. The Morgan fingerprint density at radius 1 is 1.27 bits per heavy atom. The molecule has 0 aromatic carbocycles. The molecule has 1 fully saturated rings. The Labute approximate surface area is 118 Å². The van der Waals surface area contributed by atoms with E-state index >= 15 is 0 Å². The average molecular weight is 231 g/mol. The van der Waals surface area contributed by atoms with Gasteiger partial charge < -0.3 is 4.48 Å². The van der Waals surface area contributed by atoms with E-state index < -0.39 is 66.8 Å². The van der Waals surface area contributed by atoms with E-state index in [1.165, 1.54) is 0 Å². The van der Waals surface area contributed by atoms with E-state index in [4.69, 9.17) is 23.3 Å². The van der Waals surface area contributed by atoms with Gasteiger partial charge in [-0.3, -0.25) is 0 Å². The maximum absolute atomic E-state index is 13.7. The molecule has 0 amide bonds. The lowest BCUT2D eigenvalue weighted by Crippen LogP contribution is -2.64. The van der Waals surface area contributed by atoms with E-state index in [-0.39, 0.29) is 0 Å². The molecular formula is C12H26N2O+. The summed E-state index contributed by atoms with van der Waals surface area (Å²) in [6, 6.07) is -3.74. The lowest BCUT2D eigenvalue weighted by molar-refractivity contribution is -0.899. The van der Waals surface area contributed by atoms with E-state index in [1.54, 1.807) is 0 Å². The second-order valence-corrected chi connectivity index (χ2v) is 4.33.